The quantitative estimate of drug-likeness (QED) is 0.845. The van der Waals surface area contributed by atoms with Crippen LogP contribution >= 0.6 is 23.1 Å². The topological polar surface area (TPSA) is 89.1 Å². The molecule has 0 fully saturated rings. The van der Waals surface area contributed by atoms with Crippen LogP contribution < -0.4 is 5.73 Å². The molecule has 3 N–H and O–H groups in total. The molecule has 7 heteroatoms. The first-order valence-corrected chi connectivity index (χ1v) is 7.62. The molecule has 0 saturated heterocycles. The molecule has 2 heterocycles. The van der Waals surface area contributed by atoms with E-state index in [4.69, 9.17) is 10.8 Å². The van der Waals surface area contributed by atoms with Crippen LogP contribution in [0, 0.1) is 0 Å². The van der Waals surface area contributed by atoms with Gasteiger partial charge in [0.2, 0.25) is 0 Å². The summed E-state index contributed by atoms with van der Waals surface area (Å²) in [5.74, 6) is 0.0655. The van der Waals surface area contributed by atoms with Gasteiger partial charge in [0.1, 0.15) is 11.0 Å². The maximum atomic E-state index is 10.6. The molecular weight excluding hydrogens is 282 g/mol. The Balaban J connectivity index is 1.90. The molecule has 0 amide bonds. The third-order valence-electron chi connectivity index (χ3n) is 2.30. The minimum Gasteiger partial charge on any atom is -0.480 e. The normalized spacial score (nSPS) is 12.3. The van der Waals surface area contributed by atoms with E-state index in [1.54, 1.807) is 6.20 Å². The molecule has 0 unspecified atom stereocenters. The highest BCUT2D eigenvalue weighted by molar-refractivity contribution is 7.98. The number of carboxylic acids is 1. The van der Waals surface area contributed by atoms with Crippen molar-refractivity contribution in [2.75, 3.05) is 5.75 Å². The Morgan fingerprint density at radius 3 is 3.05 bits per heavy atom. The van der Waals surface area contributed by atoms with E-state index < -0.39 is 12.0 Å². The van der Waals surface area contributed by atoms with Crippen LogP contribution in [0.25, 0.3) is 10.7 Å². The number of aliphatic carboxylic acids is 1. The van der Waals surface area contributed by atoms with Crippen molar-refractivity contribution in [1.29, 1.82) is 0 Å². The Labute approximate surface area is 118 Å². The number of hydrogen-bond donors (Lipinski definition) is 2. The summed E-state index contributed by atoms with van der Waals surface area (Å²) < 4.78 is 0. The Morgan fingerprint density at radius 1 is 1.53 bits per heavy atom. The lowest BCUT2D eigenvalue weighted by Crippen LogP contribution is -2.32. The standard InChI is InChI=1S/C12H13N3O2S2/c13-9(12(16)17)7-18-5-8-6-19-11(15-8)10-3-1-2-4-14-10/h1-4,6,9H,5,7,13H2,(H,16,17)/t9-/m1/s1. The van der Waals surface area contributed by atoms with Crippen molar-refractivity contribution in [3.63, 3.8) is 0 Å². The van der Waals surface area contributed by atoms with Crippen molar-refractivity contribution in [3.8, 4) is 10.7 Å². The third kappa shape index (κ3) is 4.02. The van der Waals surface area contributed by atoms with Crippen LogP contribution in [0.2, 0.25) is 0 Å². The predicted molar refractivity (Wildman–Crippen MR) is 77.1 cm³/mol. The zero-order valence-electron chi connectivity index (χ0n) is 10.0. The molecule has 2 aromatic heterocycles. The average molecular weight is 295 g/mol. The molecule has 19 heavy (non-hydrogen) atoms. The molecule has 0 bridgehead atoms. The fourth-order valence-corrected chi connectivity index (χ4v) is 3.11. The lowest BCUT2D eigenvalue weighted by atomic mass is 10.4. The predicted octanol–water partition coefficient (Wildman–Crippen LogP) is 1.85. The van der Waals surface area contributed by atoms with Gasteiger partial charge in [0.25, 0.3) is 0 Å². The summed E-state index contributed by atoms with van der Waals surface area (Å²) in [6.45, 7) is 0. The number of pyridine rings is 1. The van der Waals surface area contributed by atoms with Gasteiger partial charge in [-0.05, 0) is 12.1 Å². The number of carbonyl (C=O) groups is 1. The van der Waals surface area contributed by atoms with Crippen molar-refractivity contribution in [3.05, 3.63) is 35.5 Å². The first kappa shape index (κ1) is 14.0. The molecule has 0 aliphatic carbocycles. The van der Waals surface area contributed by atoms with E-state index in [-0.39, 0.29) is 0 Å². The van der Waals surface area contributed by atoms with Crippen molar-refractivity contribution in [2.45, 2.75) is 11.8 Å². The van der Waals surface area contributed by atoms with Crippen molar-refractivity contribution >= 4 is 29.1 Å². The van der Waals surface area contributed by atoms with E-state index in [0.29, 0.717) is 11.5 Å². The number of aromatic nitrogens is 2. The molecule has 5 nitrogen and oxygen atoms in total. The van der Waals surface area contributed by atoms with Crippen LogP contribution in [0.3, 0.4) is 0 Å². The van der Waals surface area contributed by atoms with Gasteiger partial charge in [-0.1, -0.05) is 6.07 Å². The van der Waals surface area contributed by atoms with Crippen LogP contribution in [0.4, 0.5) is 0 Å². The van der Waals surface area contributed by atoms with Crippen LogP contribution in [-0.2, 0) is 10.5 Å². The minimum atomic E-state index is -0.972. The number of thioether (sulfide) groups is 1. The van der Waals surface area contributed by atoms with Crippen LogP contribution in [0.1, 0.15) is 5.69 Å². The maximum Gasteiger partial charge on any atom is 0.321 e. The van der Waals surface area contributed by atoms with Crippen LogP contribution in [0.5, 0.6) is 0 Å². The smallest absolute Gasteiger partial charge is 0.321 e. The summed E-state index contributed by atoms with van der Waals surface area (Å²) in [6, 6.07) is 4.88. The number of thiazole rings is 1. The maximum absolute atomic E-state index is 10.6. The average Bonchev–Trinajstić information content (AvgIpc) is 2.88. The third-order valence-corrected chi connectivity index (χ3v) is 4.31. The molecule has 2 aromatic rings. The van der Waals surface area contributed by atoms with Gasteiger partial charge in [0, 0.05) is 23.1 Å². The molecule has 0 aromatic carbocycles. The van der Waals surface area contributed by atoms with Gasteiger partial charge in [-0.3, -0.25) is 9.78 Å². The molecule has 100 valence electrons. The van der Waals surface area contributed by atoms with Crippen LogP contribution in [-0.4, -0.2) is 32.8 Å². The highest BCUT2D eigenvalue weighted by Gasteiger charge is 2.12. The van der Waals surface area contributed by atoms with E-state index >= 15 is 0 Å². The molecule has 1 atom stereocenters. The summed E-state index contributed by atoms with van der Waals surface area (Å²) >= 11 is 3.00. The van der Waals surface area contributed by atoms with Gasteiger partial charge in [0.05, 0.1) is 11.4 Å². The summed E-state index contributed by atoms with van der Waals surface area (Å²) in [5.41, 5.74) is 7.21. The first-order valence-electron chi connectivity index (χ1n) is 5.59. The van der Waals surface area contributed by atoms with Gasteiger partial charge in [-0.15, -0.1) is 11.3 Å². The molecular formula is C12H13N3O2S2. The second-order valence-corrected chi connectivity index (χ2v) is 5.71. The highest BCUT2D eigenvalue weighted by Crippen LogP contribution is 2.23. The number of hydrogen-bond acceptors (Lipinski definition) is 6. The SMILES string of the molecule is N[C@H](CSCc1csc(-c2ccccn2)n1)C(=O)O. The Hall–Kier alpha value is -1.44. The lowest BCUT2D eigenvalue weighted by molar-refractivity contribution is -0.137. The number of nitrogens with zero attached hydrogens (tertiary/aromatic N) is 2. The molecule has 0 aliphatic heterocycles. The highest BCUT2D eigenvalue weighted by atomic mass is 32.2. The van der Waals surface area contributed by atoms with Crippen LogP contribution in [0.15, 0.2) is 29.8 Å². The first-order chi connectivity index (χ1) is 9.16. The Kier molecular flexibility index (Phi) is 4.89. The summed E-state index contributed by atoms with van der Waals surface area (Å²) in [5, 5.41) is 11.5. The van der Waals surface area contributed by atoms with Gasteiger partial charge >= 0.3 is 5.97 Å². The monoisotopic (exact) mass is 295 g/mol. The number of carboxylic acid groups (broad SMARTS) is 1. The fraction of sp³-hybridized carbons (Fsp3) is 0.250. The zero-order chi connectivity index (χ0) is 13.7. The van der Waals surface area contributed by atoms with Gasteiger partial charge < -0.3 is 10.8 Å². The molecule has 0 aliphatic rings. The summed E-state index contributed by atoms with van der Waals surface area (Å²) in [6.07, 6.45) is 1.73. The molecule has 2 rings (SSSR count). The van der Waals surface area contributed by atoms with Crippen molar-refractivity contribution < 1.29 is 9.90 Å². The van der Waals surface area contributed by atoms with E-state index in [0.717, 1.165) is 16.4 Å². The summed E-state index contributed by atoms with van der Waals surface area (Å²) in [4.78, 5) is 19.3. The lowest BCUT2D eigenvalue weighted by Gasteiger charge is -2.04. The molecule has 0 saturated carbocycles. The second kappa shape index (κ2) is 6.65. The van der Waals surface area contributed by atoms with E-state index in [9.17, 15) is 4.79 Å². The van der Waals surface area contributed by atoms with E-state index in [1.165, 1.54) is 23.1 Å². The van der Waals surface area contributed by atoms with E-state index in [2.05, 4.69) is 9.97 Å². The van der Waals surface area contributed by atoms with Gasteiger partial charge in [0.15, 0.2) is 0 Å². The van der Waals surface area contributed by atoms with Crippen molar-refractivity contribution in [1.82, 2.24) is 9.97 Å². The van der Waals surface area contributed by atoms with Gasteiger partial charge in [-0.2, -0.15) is 11.8 Å². The summed E-state index contributed by atoms with van der Waals surface area (Å²) in [7, 11) is 0. The number of nitrogens with two attached hydrogens (primary N) is 1. The zero-order valence-corrected chi connectivity index (χ0v) is 11.7. The Bertz CT molecular complexity index is 545. The van der Waals surface area contributed by atoms with Crippen molar-refractivity contribution in [2.24, 2.45) is 5.73 Å². The Morgan fingerprint density at radius 2 is 2.37 bits per heavy atom. The number of rotatable bonds is 6. The van der Waals surface area contributed by atoms with E-state index in [1.807, 2.05) is 23.6 Å². The minimum absolute atomic E-state index is 0.381. The van der Waals surface area contributed by atoms with Gasteiger partial charge in [-0.25, -0.2) is 4.98 Å². The second-order valence-electron chi connectivity index (χ2n) is 3.82. The fourth-order valence-electron chi connectivity index (χ4n) is 1.34. The largest absolute Gasteiger partial charge is 0.480 e. The molecule has 0 spiro atoms. The molecule has 0 radical (unpaired) electrons.